The Hall–Kier alpha value is -5.75. The lowest BCUT2D eigenvalue weighted by molar-refractivity contribution is -0.144. The number of benzene rings is 6. The highest BCUT2D eigenvalue weighted by atomic mass is 16.5. The minimum atomic E-state index is -0.439. The van der Waals surface area contributed by atoms with Gasteiger partial charge in [-0.1, -0.05) is 218 Å². The quantitative estimate of drug-likeness (QED) is 0.106. The molecule has 7 rings (SSSR count). The van der Waals surface area contributed by atoms with E-state index >= 15 is 0 Å². The Kier molecular flexibility index (Phi) is 31.6. The van der Waals surface area contributed by atoms with Crippen molar-refractivity contribution in [2.75, 3.05) is 5.32 Å². The van der Waals surface area contributed by atoms with Crippen LogP contribution in [0.1, 0.15) is 177 Å². The van der Waals surface area contributed by atoms with E-state index in [1.165, 1.54) is 38.6 Å². The Morgan fingerprint density at radius 2 is 1.03 bits per heavy atom. The highest BCUT2D eigenvalue weighted by Crippen LogP contribution is 2.45. The van der Waals surface area contributed by atoms with E-state index in [1.54, 1.807) is 0 Å². The minimum Gasteiger partial charge on any atom is -0.426 e. The van der Waals surface area contributed by atoms with Crippen molar-refractivity contribution in [1.82, 2.24) is 5.32 Å². The summed E-state index contributed by atoms with van der Waals surface area (Å²) in [5, 5.41) is 11.0. The van der Waals surface area contributed by atoms with Crippen molar-refractivity contribution in [3.8, 4) is 5.75 Å². The van der Waals surface area contributed by atoms with Crippen molar-refractivity contribution in [1.29, 1.82) is 0 Å². The number of aryl methyl sites for hydroxylation is 2. The number of ether oxygens (including phenoxy) is 1. The number of fused-ring (bicyclic) bond motifs is 1. The molecule has 6 heteroatoms. The first-order valence-corrected chi connectivity index (χ1v) is 26.0. The molecule has 1 aliphatic rings. The smallest absolute Gasteiger partial charge is 0.316 e. The number of esters is 1. The number of hydrogen-bond donors (Lipinski definition) is 2. The number of amides is 2. The van der Waals surface area contributed by atoms with Gasteiger partial charge in [-0.05, 0) is 121 Å². The minimum absolute atomic E-state index is 0.0835. The summed E-state index contributed by atoms with van der Waals surface area (Å²) in [6.07, 6.45) is 2.52. The molecule has 1 aliphatic carbocycles. The molecule has 378 valence electrons. The predicted molar refractivity (Wildman–Crippen MR) is 302 cm³/mol. The molecular weight excluding hydrogens is 849 g/mol. The first-order chi connectivity index (χ1) is 33.1. The summed E-state index contributed by atoms with van der Waals surface area (Å²) in [6.45, 7) is 39.2. The van der Waals surface area contributed by atoms with Crippen molar-refractivity contribution in [3.63, 3.8) is 0 Å². The second kappa shape index (κ2) is 34.5. The lowest BCUT2D eigenvalue weighted by Crippen LogP contribution is -2.28. The third-order valence-corrected chi connectivity index (χ3v) is 12.0. The van der Waals surface area contributed by atoms with Gasteiger partial charge in [0.1, 0.15) is 5.75 Å². The van der Waals surface area contributed by atoms with E-state index in [2.05, 4.69) is 92.9 Å². The van der Waals surface area contributed by atoms with E-state index < -0.39 is 5.41 Å². The lowest BCUT2D eigenvalue weighted by Gasteiger charge is -2.20. The van der Waals surface area contributed by atoms with Gasteiger partial charge in [0.15, 0.2) is 0 Å². The van der Waals surface area contributed by atoms with Crippen LogP contribution in [0, 0.1) is 31.1 Å². The zero-order valence-corrected chi connectivity index (χ0v) is 46.4. The zero-order chi connectivity index (χ0) is 52.7. The van der Waals surface area contributed by atoms with E-state index in [0.717, 1.165) is 35.7 Å². The molecule has 2 N–H and O–H groups in total. The standard InChI is InChI=1S/C16H18O2.C14H21NO.C14H14.C11H15NO.4C2H6/c1-4-16(2,3)15(17)18-14-10-9-12-7-5-6-8-13(12)11-14;1-5-12(4)14(16)15-9-13-7-10(2)6-11(3)8-13;1-9-10(2)13-8-4-6-11-5-3-7-12(9)14(11)13;1-3-9(2)11(13)12-10-7-5-4-6-8-10;4*1-2/h5-11H,4H2,1-3H3;6-8,12H,5,9H2,1-4H3,(H,15,16);3-10H,1-2H3;4-9H,3H2,1-2H3,(H,12,13);4*1-2H3. The van der Waals surface area contributed by atoms with Crippen LogP contribution in [0.25, 0.3) is 21.5 Å². The van der Waals surface area contributed by atoms with Gasteiger partial charge in [0, 0.05) is 24.1 Å². The monoisotopic (exact) mass is 941 g/mol. The van der Waals surface area contributed by atoms with Gasteiger partial charge in [0.25, 0.3) is 0 Å². The van der Waals surface area contributed by atoms with Crippen molar-refractivity contribution in [2.45, 2.75) is 169 Å². The Labute approximate surface area is 420 Å². The Balaban J connectivity index is 0.000000855. The summed E-state index contributed by atoms with van der Waals surface area (Å²) < 4.78 is 5.44. The number of nitrogens with one attached hydrogen (secondary N) is 2. The molecule has 4 atom stereocenters. The molecule has 2 amide bonds. The largest absolute Gasteiger partial charge is 0.426 e. The average Bonchev–Trinajstić information content (AvgIpc) is 3.64. The number of carbonyl (C=O) groups is 3. The molecule has 6 aromatic rings. The van der Waals surface area contributed by atoms with Crippen LogP contribution < -0.4 is 15.4 Å². The highest BCUT2D eigenvalue weighted by Gasteiger charge is 2.28. The van der Waals surface area contributed by atoms with Crippen molar-refractivity contribution >= 4 is 45.0 Å². The van der Waals surface area contributed by atoms with E-state index in [0.29, 0.717) is 24.1 Å². The normalized spacial score (nSPS) is 13.4. The first kappa shape index (κ1) is 63.2. The number of anilines is 1. The number of rotatable bonds is 10. The van der Waals surface area contributed by atoms with Crippen LogP contribution >= 0.6 is 0 Å². The summed E-state index contributed by atoms with van der Waals surface area (Å²) in [4.78, 5) is 35.0. The molecule has 69 heavy (non-hydrogen) atoms. The molecule has 0 aliphatic heterocycles. The van der Waals surface area contributed by atoms with E-state index in [1.807, 2.05) is 177 Å². The van der Waals surface area contributed by atoms with E-state index in [4.69, 9.17) is 4.74 Å². The molecule has 0 bridgehead atoms. The molecule has 0 fully saturated rings. The molecule has 4 unspecified atom stereocenters. The number of hydrogen-bond acceptors (Lipinski definition) is 4. The van der Waals surface area contributed by atoms with Gasteiger partial charge in [0.05, 0.1) is 5.41 Å². The summed E-state index contributed by atoms with van der Waals surface area (Å²) in [5.41, 5.74) is 7.16. The molecule has 0 saturated heterocycles. The summed E-state index contributed by atoms with van der Waals surface area (Å²) >= 11 is 0. The van der Waals surface area contributed by atoms with Crippen LogP contribution in [-0.4, -0.2) is 17.8 Å². The molecule has 0 heterocycles. The summed E-state index contributed by atoms with van der Waals surface area (Å²) in [7, 11) is 0. The number of carbonyl (C=O) groups excluding carboxylic acids is 3. The van der Waals surface area contributed by atoms with Gasteiger partial charge >= 0.3 is 5.97 Å². The van der Waals surface area contributed by atoms with E-state index in [-0.39, 0.29) is 29.6 Å². The maximum atomic E-state index is 12.0. The van der Waals surface area contributed by atoms with Crippen molar-refractivity contribution in [2.24, 2.45) is 17.3 Å². The molecule has 0 saturated carbocycles. The van der Waals surface area contributed by atoms with Crippen LogP contribution in [0.3, 0.4) is 0 Å². The number of para-hydroxylation sites is 1. The maximum absolute atomic E-state index is 12.0. The Morgan fingerprint density at radius 3 is 1.52 bits per heavy atom. The maximum Gasteiger partial charge on any atom is 0.316 e. The third kappa shape index (κ3) is 20.8. The van der Waals surface area contributed by atoms with E-state index in [9.17, 15) is 14.4 Å². The van der Waals surface area contributed by atoms with Crippen LogP contribution in [-0.2, 0) is 20.9 Å². The topological polar surface area (TPSA) is 84.5 Å². The SMILES string of the molecule is CC.CC.CC.CC.CC1c2cccc3cccc(c23)C1C.CCC(C)(C)C(=O)Oc1ccc2ccccc2c1.CCC(C)C(=O)NCc1cc(C)cc(C)c1.CCC(C)C(=O)Nc1ccccc1. The Morgan fingerprint density at radius 1 is 0.565 bits per heavy atom. The lowest BCUT2D eigenvalue weighted by atomic mass is 9.91. The second-order valence-electron chi connectivity index (χ2n) is 17.2. The summed E-state index contributed by atoms with van der Waals surface area (Å²) in [6, 6.07) is 43.0. The zero-order valence-electron chi connectivity index (χ0n) is 46.4. The van der Waals surface area contributed by atoms with Crippen molar-refractivity contribution < 1.29 is 19.1 Å². The summed E-state index contributed by atoms with van der Waals surface area (Å²) in [5.74, 6) is 2.20. The van der Waals surface area contributed by atoms with Crippen LogP contribution in [0.4, 0.5) is 5.69 Å². The van der Waals surface area contributed by atoms with Crippen LogP contribution in [0.2, 0.25) is 0 Å². The molecular formula is C63H92N2O4. The highest BCUT2D eigenvalue weighted by molar-refractivity contribution is 5.93. The van der Waals surface area contributed by atoms with Crippen LogP contribution in [0.5, 0.6) is 5.75 Å². The van der Waals surface area contributed by atoms with Gasteiger partial charge in [-0.2, -0.15) is 0 Å². The first-order valence-electron chi connectivity index (χ1n) is 26.0. The van der Waals surface area contributed by atoms with Gasteiger partial charge < -0.3 is 15.4 Å². The predicted octanol–water partition coefficient (Wildman–Crippen LogP) is 18.0. The van der Waals surface area contributed by atoms with Gasteiger partial charge in [-0.25, -0.2) is 0 Å². The molecule has 0 radical (unpaired) electrons. The van der Waals surface area contributed by atoms with Gasteiger partial charge in [-0.3, -0.25) is 14.4 Å². The molecule has 6 nitrogen and oxygen atoms in total. The average molecular weight is 941 g/mol. The second-order valence-corrected chi connectivity index (χ2v) is 17.2. The van der Waals surface area contributed by atoms with Crippen molar-refractivity contribution in [3.05, 3.63) is 155 Å². The molecule has 0 spiro atoms. The fourth-order valence-corrected chi connectivity index (χ4v) is 7.01. The van der Waals surface area contributed by atoms with Gasteiger partial charge in [0.2, 0.25) is 11.8 Å². The van der Waals surface area contributed by atoms with Crippen LogP contribution in [0.15, 0.2) is 127 Å². The fraction of sp³-hybridized carbons (Fsp3) is 0.444. The Bertz CT molecular complexity index is 2300. The molecule has 0 aromatic heterocycles. The fourth-order valence-electron chi connectivity index (χ4n) is 7.01. The third-order valence-electron chi connectivity index (χ3n) is 12.0. The van der Waals surface area contributed by atoms with Gasteiger partial charge in [-0.15, -0.1) is 0 Å². The molecule has 6 aromatic carbocycles.